The van der Waals surface area contributed by atoms with Crippen molar-refractivity contribution >= 4 is 0 Å². The molecule has 2 aliphatic rings. The first-order chi connectivity index (χ1) is 7.31. The zero-order valence-corrected chi connectivity index (χ0v) is 9.69. The van der Waals surface area contributed by atoms with Gasteiger partial charge in [-0.05, 0) is 25.2 Å². The van der Waals surface area contributed by atoms with Gasteiger partial charge in [0.2, 0.25) is 0 Å². The van der Waals surface area contributed by atoms with E-state index in [4.69, 9.17) is 4.74 Å². The summed E-state index contributed by atoms with van der Waals surface area (Å²) in [7, 11) is 0. The first kappa shape index (κ1) is 11.4. The average Bonchev–Trinajstić information content (AvgIpc) is 2.76. The molecule has 2 rings (SSSR count). The standard InChI is InChI=1S/C12H23NO2/c1-2-6-15-7-5-13-8-10-3-4-12(14)11(10)9-13/h10-12,14H,2-9H2,1H3. The molecule has 1 aliphatic carbocycles. The highest BCUT2D eigenvalue weighted by molar-refractivity contribution is 4.93. The van der Waals surface area contributed by atoms with Gasteiger partial charge < -0.3 is 14.7 Å². The minimum Gasteiger partial charge on any atom is -0.393 e. The molecule has 0 aromatic rings. The van der Waals surface area contributed by atoms with Crippen LogP contribution in [0.1, 0.15) is 26.2 Å². The molecule has 3 atom stereocenters. The van der Waals surface area contributed by atoms with E-state index in [9.17, 15) is 5.11 Å². The van der Waals surface area contributed by atoms with Crippen LogP contribution in [0.15, 0.2) is 0 Å². The number of ether oxygens (including phenoxy) is 1. The summed E-state index contributed by atoms with van der Waals surface area (Å²) >= 11 is 0. The van der Waals surface area contributed by atoms with E-state index in [2.05, 4.69) is 11.8 Å². The van der Waals surface area contributed by atoms with E-state index in [-0.39, 0.29) is 6.10 Å². The predicted octanol–water partition coefficient (Wildman–Crippen LogP) is 1.12. The van der Waals surface area contributed by atoms with Gasteiger partial charge in [0.1, 0.15) is 0 Å². The van der Waals surface area contributed by atoms with Crippen LogP contribution in [0.25, 0.3) is 0 Å². The van der Waals surface area contributed by atoms with Crippen molar-refractivity contribution < 1.29 is 9.84 Å². The van der Waals surface area contributed by atoms with E-state index in [1.807, 2.05) is 0 Å². The fourth-order valence-corrected chi connectivity index (χ4v) is 2.95. The number of nitrogens with zero attached hydrogens (tertiary/aromatic N) is 1. The van der Waals surface area contributed by atoms with Crippen molar-refractivity contribution in [3.63, 3.8) is 0 Å². The van der Waals surface area contributed by atoms with Gasteiger partial charge in [-0.1, -0.05) is 6.92 Å². The molecule has 15 heavy (non-hydrogen) atoms. The summed E-state index contributed by atoms with van der Waals surface area (Å²) in [5.74, 6) is 1.31. The first-order valence-corrected chi connectivity index (χ1v) is 6.29. The molecule has 0 bridgehead atoms. The van der Waals surface area contributed by atoms with Crippen molar-refractivity contribution in [1.82, 2.24) is 4.90 Å². The second kappa shape index (κ2) is 5.28. The molecule has 0 spiro atoms. The molecule has 3 nitrogen and oxygen atoms in total. The number of rotatable bonds is 5. The molecule has 1 saturated carbocycles. The summed E-state index contributed by atoms with van der Waals surface area (Å²) in [6.07, 6.45) is 3.31. The quantitative estimate of drug-likeness (QED) is 0.695. The van der Waals surface area contributed by atoms with Gasteiger partial charge in [0, 0.05) is 32.2 Å². The molecule has 0 aromatic carbocycles. The van der Waals surface area contributed by atoms with Crippen LogP contribution in [0.2, 0.25) is 0 Å². The normalized spacial score (nSPS) is 36.0. The van der Waals surface area contributed by atoms with Gasteiger partial charge in [-0.15, -0.1) is 0 Å². The maximum atomic E-state index is 9.77. The number of hydrogen-bond acceptors (Lipinski definition) is 3. The van der Waals surface area contributed by atoms with Gasteiger partial charge in [0.15, 0.2) is 0 Å². The highest BCUT2D eigenvalue weighted by Crippen LogP contribution is 2.37. The van der Waals surface area contributed by atoms with Crippen molar-refractivity contribution in [3.8, 4) is 0 Å². The Labute approximate surface area is 92.4 Å². The minimum absolute atomic E-state index is 0.0310. The van der Waals surface area contributed by atoms with E-state index < -0.39 is 0 Å². The molecular weight excluding hydrogens is 190 g/mol. The summed E-state index contributed by atoms with van der Waals surface area (Å²) in [4.78, 5) is 2.45. The van der Waals surface area contributed by atoms with E-state index in [0.29, 0.717) is 5.92 Å². The van der Waals surface area contributed by atoms with Crippen LogP contribution in [-0.4, -0.2) is 49.0 Å². The maximum Gasteiger partial charge on any atom is 0.0593 e. The topological polar surface area (TPSA) is 32.7 Å². The van der Waals surface area contributed by atoms with Crippen molar-refractivity contribution in [2.45, 2.75) is 32.3 Å². The Morgan fingerprint density at radius 1 is 1.27 bits per heavy atom. The SMILES string of the molecule is CCCOCCN1CC2CCC(O)C2C1. The lowest BCUT2D eigenvalue weighted by atomic mass is 10.00. The van der Waals surface area contributed by atoms with Crippen LogP contribution in [0.4, 0.5) is 0 Å². The molecule has 88 valence electrons. The summed E-state index contributed by atoms with van der Waals surface area (Å²) in [5, 5.41) is 9.77. The number of aliphatic hydroxyl groups is 1. The Bertz CT molecular complexity index is 198. The molecular formula is C12H23NO2. The monoisotopic (exact) mass is 213 g/mol. The van der Waals surface area contributed by atoms with Crippen LogP contribution in [0.3, 0.4) is 0 Å². The number of hydrogen-bond donors (Lipinski definition) is 1. The second-order valence-electron chi connectivity index (χ2n) is 4.94. The van der Waals surface area contributed by atoms with Crippen molar-refractivity contribution in [2.75, 3.05) is 32.8 Å². The van der Waals surface area contributed by atoms with Crippen LogP contribution >= 0.6 is 0 Å². The Hall–Kier alpha value is -0.120. The first-order valence-electron chi connectivity index (χ1n) is 6.29. The third-order valence-corrected chi connectivity index (χ3v) is 3.79. The zero-order chi connectivity index (χ0) is 10.7. The fraction of sp³-hybridized carbons (Fsp3) is 1.00. The number of likely N-dealkylation sites (tertiary alicyclic amines) is 1. The van der Waals surface area contributed by atoms with Gasteiger partial charge in [-0.25, -0.2) is 0 Å². The highest BCUT2D eigenvalue weighted by Gasteiger charge is 2.41. The van der Waals surface area contributed by atoms with Crippen molar-refractivity contribution in [3.05, 3.63) is 0 Å². The summed E-state index contributed by atoms with van der Waals surface area (Å²) in [5.41, 5.74) is 0. The van der Waals surface area contributed by atoms with Crippen LogP contribution in [0, 0.1) is 11.8 Å². The van der Waals surface area contributed by atoms with E-state index in [0.717, 1.165) is 45.1 Å². The lowest BCUT2D eigenvalue weighted by Gasteiger charge is -2.17. The Morgan fingerprint density at radius 2 is 2.13 bits per heavy atom. The molecule has 0 aromatic heterocycles. The van der Waals surface area contributed by atoms with Gasteiger partial charge in [-0.2, -0.15) is 0 Å². The third kappa shape index (κ3) is 2.71. The van der Waals surface area contributed by atoms with Crippen LogP contribution in [0.5, 0.6) is 0 Å². The predicted molar refractivity (Wildman–Crippen MR) is 59.8 cm³/mol. The zero-order valence-electron chi connectivity index (χ0n) is 9.69. The highest BCUT2D eigenvalue weighted by atomic mass is 16.5. The molecule has 3 unspecified atom stereocenters. The molecule has 1 saturated heterocycles. The van der Waals surface area contributed by atoms with Gasteiger partial charge in [-0.3, -0.25) is 0 Å². The van der Waals surface area contributed by atoms with Gasteiger partial charge >= 0.3 is 0 Å². The van der Waals surface area contributed by atoms with Gasteiger partial charge in [0.05, 0.1) is 12.7 Å². The Kier molecular flexibility index (Phi) is 4.00. The summed E-state index contributed by atoms with van der Waals surface area (Å²) < 4.78 is 5.49. The van der Waals surface area contributed by atoms with Crippen molar-refractivity contribution in [1.29, 1.82) is 0 Å². The van der Waals surface area contributed by atoms with Crippen molar-refractivity contribution in [2.24, 2.45) is 11.8 Å². The van der Waals surface area contributed by atoms with Crippen LogP contribution in [-0.2, 0) is 4.74 Å². The van der Waals surface area contributed by atoms with Crippen LogP contribution < -0.4 is 0 Å². The number of aliphatic hydroxyl groups excluding tert-OH is 1. The largest absolute Gasteiger partial charge is 0.393 e. The Balaban J connectivity index is 1.65. The van der Waals surface area contributed by atoms with E-state index >= 15 is 0 Å². The van der Waals surface area contributed by atoms with Gasteiger partial charge in [0.25, 0.3) is 0 Å². The smallest absolute Gasteiger partial charge is 0.0593 e. The fourth-order valence-electron chi connectivity index (χ4n) is 2.95. The molecule has 3 heteroatoms. The summed E-state index contributed by atoms with van der Waals surface area (Å²) in [6.45, 7) is 7.17. The molecule has 2 fully saturated rings. The molecule has 1 aliphatic heterocycles. The van der Waals surface area contributed by atoms with E-state index in [1.54, 1.807) is 0 Å². The van der Waals surface area contributed by atoms with E-state index in [1.165, 1.54) is 13.0 Å². The lowest BCUT2D eigenvalue weighted by molar-refractivity contribution is 0.0979. The summed E-state index contributed by atoms with van der Waals surface area (Å²) in [6, 6.07) is 0. The molecule has 1 heterocycles. The minimum atomic E-state index is -0.0310. The Morgan fingerprint density at radius 3 is 2.87 bits per heavy atom. The second-order valence-corrected chi connectivity index (χ2v) is 4.94. The molecule has 0 radical (unpaired) electrons. The maximum absolute atomic E-state index is 9.77. The number of fused-ring (bicyclic) bond motifs is 1. The lowest BCUT2D eigenvalue weighted by Crippen LogP contribution is -2.28. The molecule has 0 amide bonds. The third-order valence-electron chi connectivity index (χ3n) is 3.79. The molecule has 1 N–H and O–H groups in total. The average molecular weight is 213 g/mol.